The Morgan fingerprint density at radius 3 is 1.30 bits per heavy atom. The smallest absolute Gasteiger partial charge is 0.00670 e. The average Bonchev–Trinajstić information content (AvgIpc) is 2.52. The zero-order valence-corrected chi connectivity index (χ0v) is 13.5. The van der Waals surface area contributed by atoms with E-state index in [1.54, 1.807) is 0 Å². The lowest BCUT2D eigenvalue weighted by Crippen LogP contribution is -2.32. The van der Waals surface area contributed by atoms with Crippen molar-refractivity contribution in [2.75, 3.05) is 13.1 Å². The Kier molecular flexibility index (Phi) is 8.65. The Bertz CT molecular complexity index is 193. The number of rotatable bonds is 9. The normalized spacial score (nSPS) is 22.2. The molecular formula is C18H36N2. The average molecular weight is 280 g/mol. The van der Waals surface area contributed by atoms with Gasteiger partial charge in [0.15, 0.2) is 0 Å². The first-order valence-electron chi connectivity index (χ1n) is 9.42. The van der Waals surface area contributed by atoms with Gasteiger partial charge in [-0.3, -0.25) is 0 Å². The quantitative estimate of drug-likeness (QED) is 0.612. The van der Waals surface area contributed by atoms with Gasteiger partial charge in [-0.2, -0.15) is 0 Å². The lowest BCUT2D eigenvalue weighted by atomic mass is 9.95. The third kappa shape index (κ3) is 7.08. The van der Waals surface area contributed by atoms with Crippen molar-refractivity contribution < 1.29 is 0 Å². The van der Waals surface area contributed by atoms with Crippen molar-refractivity contribution in [1.82, 2.24) is 10.6 Å². The van der Waals surface area contributed by atoms with E-state index in [9.17, 15) is 0 Å². The van der Waals surface area contributed by atoms with E-state index >= 15 is 0 Å². The summed E-state index contributed by atoms with van der Waals surface area (Å²) in [5.74, 6) is 0. The topological polar surface area (TPSA) is 24.1 Å². The molecule has 0 aromatic heterocycles. The minimum atomic E-state index is 0.844. The summed E-state index contributed by atoms with van der Waals surface area (Å²) in [6.45, 7) is 2.50. The summed E-state index contributed by atoms with van der Waals surface area (Å²) < 4.78 is 0. The van der Waals surface area contributed by atoms with Crippen LogP contribution >= 0.6 is 0 Å². The van der Waals surface area contributed by atoms with Crippen LogP contribution in [0.25, 0.3) is 0 Å². The van der Waals surface area contributed by atoms with Crippen LogP contribution in [0, 0.1) is 0 Å². The van der Waals surface area contributed by atoms with Crippen molar-refractivity contribution in [1.29, 1.82) is 0 Å². The first-order valence-corrected chi connectivity index (χ1v) is 9.42. The second kappa shape index (κ2) is 10.6. The van der Waals surface area contributed by atoms with Crippen LogP contribution < -0.4 is 10.6 Å². The van der Waals surface area contributed by atoms with E-state index in [1.807, 2.05) is 0 Å². The zero-order chi connectivity index (χ0) is 13.9. The lowest BCUT2D eigenvalue weighted by molar-refractivity contribution is 0.364. The van der Waals surface area contributed by atoms with Crippen molar-refractivity contribution >= 4 is 0 Å². The molecule has 0 heterocycles. The third-order valence-electron chi connectivity index (χ3n) is 5.18. The van der Waals surface area contributed by atoms with E-state index in [1.165, 1.54) is 103 Å². The predicted molar refractivity (Wildman–Crippen MR) is 88.2 cm³/mol. The van der Waals surface area contributed by atoms with Gasteiger partial charge in [0.2, 0.25) is 0 Å². The monoisotopic (exact) mass is 280 g/mol. The number of nitrogens with one attached hydrogen (secondary N) is 2. The van der Waals surface area contributed by atoms with E-state index in [2.05, 4.69) is 10.6 Å². The highest BCUT2D eigenvalue weighted by atomic mass is 14.9. The third-order valence-corrected chi connectivity index (χ3v) is 5.18. The second-order valence-corrected chi connectivity index (χ2v) is 6.99. The molecule has 2 nitrogen and oxygen atoms in total. The van der Waals surface area contributed by atoms with Crippen LogP contribution in [0.15, 0.2) is 0 Å². The Morgan fingerprint density at radius 1 is 0.500 bits per heavy atom. The van der Waals surface area contributed by atoms with Crippen molar-refractivity contribution in [2.24, 2.45) is 0 Å². The molecule has 0 bridgehead atoms. The van der Waals surface area contributed by atoms with Crippen LogP contribution in [-0.2, 0) is 0 Å². The highest BCUT2D eigenvalue weighted by Crippen LogP contribution is 2.18. The Labute approximate surface area is 126 Å². The van der Waals surface area contributed by atoms with Crippen molar-refractivity contribution in [3.05, 3.63) is 0 Å². The fraction of sp³-hybridized carbons (Fsp3) is 1.00. The number of hydrogen-bond acceptors (Lipinski definition) is 2. The van der Waals surface area contributed by atoms with Gasteiger partial charge in [0.05, 0.1) is 0 Å². The molecule has 118 valence electrons. The fourth-order valence-electron chi connectivity index (χ4n) is 3.83. The summed E-state index contributed by atoms with van der Waals surface area (Å²) in [6.07, 6.45) is 20.0. The summed E-state index contributed by atoms with van der Waals surface area (Å²) in [5.41, 5.74) is 0. The molecular weight excluding hydrogens is 244 g/mol. The molecule has 2 saturated carbocycles. The summed E-state index contributed by atoms with van der Waals surface area (Å²) in [7, 11) is 0. The van der Waals surface area contributed by atoms with Gasteiger partial charge < -0.3 is 10.6 Å². The summed E-state index contributed by atoms with van der Waals surface area (Å²) in [4.78, 5) is 0. The molecule has 0 atom stereocenters. The van der Waals surface area contributed by atoms with E-state index in [0.717, 1.165) is 12.1 Å². The molecule has 0 aliphatic heterocycles. The molecule has 2 fully saturated rings. The minimum Gasteiger partial charge on any atom is -0.314 e. The number of unbranched alkanes of at least 4 members (excludes halogenated alkanes) is 3. The molecule has 0 aromatic carbocycles. The van der Waals surface area contributed by atoms with Gasteiger partial charge in [-0.1, -0.05) is 51.4 Å². The maximum Gasteiger partial charge on any atom is 0.00670 e. The molecule has 0 amide bonds. The maximum absolute atomic E-state index is 3.75. The standard InChI is InChI=1S/C18H36N2/c1(9-15-19-17-11-5-3-6-12-17)2-10-16-20-18-13-7-4-8-14-18/h17-20H,1-16H2. The van der Waals surface area contributed by atoms with Gasteiger partial charge >= 0.3 is 0 Å². The van der Waals surface area contributed by atoms with Gasteiger partial charge in [-0.25, -0.2) is 0 Å². The Hall–Kier alpha value is -0.0800. The van der Waals surface area contributed by atoms with Gasteiger partial charge in [-0.05, 0) is 51.6 Å². The molecule has 0 saturated heterocycles. The van der Waals surface area contributed by atoms with Crippen LogP contribution in [-0.4, -0.2) is 25.2 Å². The minimum absolute atomic E-state index is 0.844. The molecule has 0 unspecified atom stereocenters. The second-order valence-electron chi connectivity index (χ2n) is 6.99. The first kappa shape index (κ1) is 16.3. The van der Waals surface area contributed by atoms with Gasteiger partial charge in [0.1, 0.15) is 0 Å². The molecule has 2 aliphatic rings. The molecule has 2 N–H and O–H groups in total. The maximum atomic E-state index is 3.75. The molecule has 2 aliphatic carbocycles. The van der Waals surface area contributed by atoms with Gasteiger partial charge in [0, 0.05) is 12.1 Å². The first-order chi connectivity index (χ1) is 9.95. The predicted octanol–water partition coefficient (Wildman–Crippen LogP) is 4.39. The van der Waals surface area contributed by atoms with E-state index in [4.69, 9.17) is 0 Å². The molecule has 0 aromatic rings. The fourth-order valence-corrected chi connectivity index (χ4v) is 3.83. The Morgan fingerprint density at radius 2 is 0.900 bits per heavy atom. The lowest BCUT2D eigenvalue weighted by Gasteiger charge is -2.23. The van der Waals surface area contributed by atoms with Crippen LogP contribution in [0.3, 0.4) is 0 Å². The molecule has 20 heavy (non-hydrogen) atoms. The van der Waals surface area contributed by atoms with Crippen molar-refractivity contribution in [3.63, 3.8) is 0 Å². The summed E-state index contributed by atoms with van der Waals surface area (Å²) >= 11 is 0. The van der Waals surface area contributed by atoms with Gasteiger partial charge in [-0.15, -0.1) is 0 Å². The van der Waals surface area contributed by atoms with Crippen molar-refractivity contribution in [2.45, 2.75) is 102 Å². The van der Waals surface area contributed by atoms with E-state index < -0.39 is 0 Å². The largest absolute Gasteiger partial charge is 0.314 e. The highest BCUT2D eigenvalue weighted by Gasteiger charge is 2.12. The van der Waals surface area contributed by atoms with E-state index in [-0.39, 0.29) is 0 Å². The van der Waals surface area contributed by atoms with Gasteiger partial charge in [0.25, 0.3) is 0 Å². The molecule has 0 radical (unpaired) electrons. The zero-order valence-electron chi connectivity index (χ0n) is 13.5. The van der Waals surface area contributed by atoms with Crippen LogP contribution in [0.1, 0.15) is 89.9 Å². The van der Waals surface area contributed by atoms with Crippen molar-refractivity contribution in [3.8, 4) is 0 Å². The van der Waals surface area contributed by atoms with E-state index in [0.29, 0.717) is 0 Å². The highest BCUT2D eigenvalue weighted by molar-refractivity contribution is 4.72. The van der Waals surface area contributed by atoms with Crippen LogP contribution in [0.5, 0.6) is 0 Å². The van der Waals surface area contributed by atoms with Crippen LogP contribution in [0.2, 0.25) is 0 Å². The Balaban J connectivity index is 1.33. The summed E-state index contributed by atoms with van der Waals surface area (Å²) in [5, 5.41) is 7.50. The number of hydrogen-bond donors (Lipinski definition) is 2. The molecule has 2 rings (SSSR count). The molecule has 2 heteroatoms. The SMILES string of the molecule is C(CCCNC1CCCCC1)CCNC1CCCCC1. The van der Waals surface area contributed by atoms with Crippen LogP contribution in [0.4, 0.5) is 0 Å². The summed E-state index contributed by atoms with van der Waals surface area (Å²) in [6, 6.07) is 1.69. The molecule has 0 spiro atoms.